The van der Waals surface area contributed by atoms with Crippen molar-refractivity contribution in [2.24, 2.45) is 0 Å². The first kappa shape index (κ1) is 22.8. The maximum atomic E-state index is 13.0. The SMILES string of the molecule is CNC(=O)Oc1ccc(C(CN(C)C)C2(OC(=O)c3ccccc3)CCCCC2)cc1. The first-order valence-corrected chi connectivity index (χ1v) is 10.9. The van der Waals surface area contributed by atoms with Gasteiger partial charge in [0.1, 0.15) is 11.4 Å². The standard InChI is InChI=1S/C25H32N2O4/c1-26-24(29)30-21-14-12-19(13-15-21)22(18-27(2)3)25(16-8-5-9-17-25)31-23(28)20-10-6-4-7-11-20/h4,6-7,10-15,22H,5,8-9,16-18H2,1-3H3,(H,26,29). The zero-order valence-corrected chi connectivity index (χ0v) is 18.6. The Labute approximate surface area is 184 Å². The van der Waals surface area contributed by atoms with Crippen LogP contribution in [0.15, 0.2) is 54.6 Å². The summed E-state index contributed by atoms with van der Waals surface area (Å²) in [6, 6.07) is 16.7. The van der Waals surface area contributed by atoms with Crippen molar-refractivity contribution >= 4 is 12.1 Å². The van der Waals surface area contributed by atoms with Gasteiger partial charge in [-0.3, -0.25) is 0 Å². The Hall–Kier alpha value is -2.86. The summed E-state index contributed by atoms with van der Waals surface area (Å²) in [5, 5.41) is 2.45. The second-order valence-corrected chi connectivity index (χ2v) is 8.40. The molecule has 1 amide bonds. The van der Waals surface area contributed by atoms with Gasteiger partial charge in [0.25, 0.3) is 0 Å². The predicted octanol–water partition coefficient (Wildman–Crippen LogP) is 4.61. The molecule has 6 nitrogen and oxygen atoms in total. The molecular weight excluding hydrogens is 392 g/mol. The highest BCUT2D eigenvalue weighted by Crippen LogP contribution is 2.44. The van der Waals surface area contributed by atoms with Gasteiger partial charge in [0.15, 0.2) is 0 Å². The predicted molar refractivity (Wildman–Crippen MR) is 120 cm³/mol. The molecule has 31 heavy (non-hydrogen) atoms. The van der Waals surface area contributed by atoms with Gasteiger partial charge in [0, 0.05) is 19.5 Å². The average Bonchev–Trinajstić information content (AvgIpc) is 2.79. The largest absolute Gasteiger partial charge is 0.455 e. The van der Waals surface area contributed by atoms with Crippen LogP contribution >= 0.6 is 0 Å². The molecule has 1 fully saturated rings. The van der Waals surface area contributed by atoms with Crippen molar-refractivity contribution in [3.63, 3.8) is 0 Å². The van der Waals surface area contributed by atoms with Gasteiger partial charge in [-0.25, -0.2) is 9.59 Å². The quantitative estimate of drug-likeness (QED) is 0.658. The van der Waals surface area contributed by atoms with Crippen LogP contribution < -0.4 is 10.1 Å². The molecule has 2 aromatic rings. The van der Waals surface area contributed by atoms with Gasteiger partial charge in [0.05, 0.1) is 5.56 Å². The van der Waals surface area contributed by atoms with E-state index in [4.69, 9.17) is 9.47 Å². The zero-order chi connectivity index (χ0) is 22.3. The van der Waals surface area contributed by atoms with Crippen molar-refractivity contribution in [1.82, 2.24) is 10.2 Å². The summed E-state index contributed by atoms with van der Waals surface area (Å²) >= 11 is 0. The van der Waals surface area contributed by atoms with Crippen LogP contribution in [0.25, 0.3) is 0 Å². The van der Waals surface area contributed by atoms with E-state index >= 15 is 0 Å². The van der Waals surface area contributed by atoms with Crippen LogP contribution in [0, 0.1) is 0 Å². The number of carbonyl (C=O) groups excluding carboxylic acids is 2. The van der Waals surface area contributed by atoms with Crippen LogP contribution in [0.2, 0.25) is 0 Å². The maximum Gasteiger partial charge on any atom is 0.412 e. The van der Waals surface area contributed by atoms with E-state index in [2.05, 4.69) is 10.2 Å². The van der Waals surface area contributed by atoms with Gasteiger partial charge in [-0.1, -0.05) is 36.8 Å². The third kappa shape index (κ3) is 5.85. The van der Waals surface area contributed by atoms with E-state index in [9.17, 15) is 9.59 Å². The lowest BCUT2D eigenvalue weighted by atomic mass is 9.72. The molecule has 1 unspecified atom stereocenters. The molecule has 1 aliphatic carbocycles. The van der Waals surface area contributed by atoms with E-state index in [1.165, 1.54) is 7.05 Å². The second-order valence-electron chi connectivity index (χ2n) is 8.40. The van der Waals surface area contributed by atoms with Crippen LogP contribution in [0.5, 0.6) is 5.75 Å². The topological polar surface area (TPSA) is 67.9 Å². The summed E-state index contributed by atoms with van der Waals surface area (Å²) in [7, 11) is 5.59. The van der Waals surface area contributed by atoms with E-state index in [0.29, 0.717) is 11.3 Å². The van der Waals surface area contributed by atoms with Crippen molar-refractivity contribution in [3.05, 3.63) is 65.7 Å². The number of likely N-dealkylation sites (N-methyl/N-ethyl adjacent to an activating group) is 1. The van der Waals surface area contributed by atoms with Gasteiger partial charge < -0.3 is 19.7 Å². The molecule has 0 bridgehead atoms. The first-order valence-electron chi connectivity index (χ1n) is 10.9. The number of nitrogens with one attached hydrogen (secondary N) is 1. The van der Waals surface area contributed by atoms with Crippen molar-refractivity contribution in [1.29, 1.82) is 0 Å². The number of ether oxygens (including phenoxy) is 2. The number of hydrogen-bond acceptors (Lipinski definition) is 5. The summed E-state index contributed by atoms with van der Waals surface area (Å²) < 4.78 is 11.6. The fourth-order valence-electron chi connectivity index (χ4n) is 4.36. The molecule has 6 heteroatoms. The summed E-state index contributed by atoms with van der Waals surface area (Å²) in [4.78, 5) is 26.7. The lowest BCUT2D eigenvalue weighted by molar-refractivity contribution is -0.0575. The molecule has 3 rings (SSSR count). The van der Waals surface area contributed by atoms with Crippen LogP contribution in [-0.2, 0) is 4.74 Å². The summed E-state index contributed by atoms with van der Waals surface area (Å²) in [5.41, 5.74) is 1.07. The van der Waals surface area contributed by atoms with Gasteiger partial charge in [-0.05, 0) is 69.6 Å². The van der Waals surface area contributed by atoms with Crippen molar-refractivity contribution in [2.45, 2.75) is 43.6 Å². The average molecular weight is 425 g/mol. The fourth-order valence-corrected chi connectivity index (χ4v) is 4.36. The maximum absolute atomic E-state index is 13.0. The van der Waals surface area contributed by atoms with Crippen LogP contribution in [0.1, 0.15) is 53.9 Å². The van der Waals surface area contributed by atoms with Gasteiger partial charge in [-0.15, -0.1) is 0 Å². The minimum Gasteiger partial charge on any atom is -0.455 e. The normalized spacial score (nSPS) is 16.4. The lowest BCUT2D eigenvalue weighted by Crippen LogP contribution is -2.46. The van der Waals surface area contributed by atoms with E-state index in [0.717, 1.165) is 44.2 Å². The molecule has 0 radical (unpaired) electrons. The lowest BCUT2D eigenvalue weighted by Gasteiger charge is -2.44. The molecule has 0 spiro atoms. The molecule has 2 aromatic carbocycles. The molecule has 1 saturated carbocycles. The highest BCUT2D eigenvalue weighted by Gasteiger charge is 2.44. The van der Waals surface area contributed by atoms with Crippen molar-refractivity contribution in [3.8, 4) is 5.75 Å². The van der Waals surface area contributed by atoms with Gasteiger partial charge in [0.2, 0.25) is 0 Å². The van der Waals surface area contributed by atoms with E-state index in [1.807, 2.05) is 44.4 Å². The van der Waals surface area contributed by atoms with Gasteiger partial charge >= 0.3 is 12.1 Å². The molecule has 166 valence electrons. The number of hydrogen-bond donors (Lipinski definition) is 1. The Balaban J connectivity index is 1.92. The molecule has 0 saturated heterocycles. The molecule has 0 aromatic heterocycles. The number of benzene rings is 2. The van der Waals surface area contributed by atoms with E-state index < -0.39 is 11.7 Å². The van der Waals surface area contributed by atoms with Crippen LogP contribution in [-0.4, -0.2) is 50.3 Å². The Kier molecular flexibility index (Phi) is 7.69. The minimum absolute atomic E-state index is 0.00418. The monoisotopic (exact) mass is 424 g/mol. The third-order valence-electron chi connectivity index (χ3n) is 5.89. The third-order valence-corrected chi connectivity index (χ3v) is 5.89. The molecule has 1 N–H and O–H groups in total. The Bertz CT molecular complexity index is 859. The molecule has 0 aliphatic heterocycles. The number of nitrogens with zero attached hydrogens (tertiary/aromatic N) is 1. The zero-order valence-electron chi connectivity index (χ0n) is 18.6. The van der Waals surface area contributed by atoms with Crippen molar-refractivity contribution < 1.29 is 19.1 Å². The smallest absolute Gasteiger partial charge is 0.412 e. The first-order chi connectivity index (χ1) is 14.9. The van der Waals surface area contributed by atoms with Crippen LogP contribution in [0.3, 0.4) is 0 Å². The minimum atomic E-state index is -0.571. The Morgan fingerprint density at radius 1 is 1.00 bits per heavy atom. The van der Waals surface area contributed by atoms with Crippen molar-refractivity contribution in [2.75, 3.05) is 27.7 Å². The Morgan fingerprint density at radius 2 is 1.65 bits per heavy atom. The van der Waals surface area contributed by atoms with E-state index in [-0.39, 0.29) is 11.9 Å². The number of rotatable bonds is 7. The molecule has 1 aliphatic rings. The fraction of sp³-hybridized carbons (Fsp3) is 0.440. The molecule has 1 atom stereocenters. The number of carbonyl (C=O) groups is 2. The summed E-state index contributed by atoms with van der Waals surface area (Å²) in [5.74, 6) is 0.209. The van der Waals surface area contributed by atoms with Crippen LogP contribution in [0.4, 0.5) is 4.79 Å². The molecular formula is C25H32N2O4. The highest BCUT2D eigenvalue weighted by atomic mass is 16.6. The summed E-state index contributed by atoms with van der Waals surface area (Å²) in [6.45, 7) is 0.748. The summed E-state index contributed by atoms with van der Waals surface area (Å²) in [6.07, 6.45) is 4.38. The molecule has 0 heterocycles. The van der Waals surface area contributed by atoms with Gasteiger partial charge in [-0.2, -0.15) is 0 Å². The number of amides is 1. The van der Waals surface area contributed by atoms with E-state index in [1.54, 1.807) is 24.3 Å². The number of esters is 1. The Morgan fingerprint density at radius 3 is 2.23 bits per heavy atom. The second kappa shape index (κ2) is 10.4. The highest BCUT2D eigenvalue weighted by molar-refractivity contribution is 5.89.